The molecule has 11 heteroatoms. The van der Waals surface area contributed by atoms with Gasteiger partial charge in [0.25, 0.3) is 5.91 Å². The molecule has 0 aromatic carbocycles. The van der Waals surface area contributed by atoms with Crippen LogP contribution in [0.2, 0.25) is 0 Å². The first-order valence-electron chi connectivity index (χ1n) is 9.21. The molecule has 0 spiro atoms. The molecule has 4 atom stereocenters. The van der Waals surface area contributed by atoms with Crippen LogP contribution in [0.4, 0.5) is 19.0 Å². The highest BCUT2D eigenvalue weighted by Crippen LogP contribution is 2.29. The fourth-order valence-corrected chi connectivity index (χ4v) is 3.58. The third-order valence-corrected chi connectivity index (χ3v) is 5.20. The van der Waals surface area contributed by atoms with Gasteiger partial charge in [-0.05, 0) is 25.0 Å². The Morgan fingerprint density at radius 1 is 1.28 bits per heavy atom. The number of alkyl halides is 1. The number of aliphatic hydroxyl groups excluding tert-OH is 1. The van der Waals surface area contributed by atoms with Crippen molar-refractivity contribution in [2.24, 2.45) is 5.92 Å². The number of hydrogen-bond acceptors (Lipinski definition) is 6. The number of amides is 1. The predicted octanol–water partition coefficient (Wildman–Crippen LogP) is 2.08. The van der Waals surface area contributed by atoms with E-state index >= 15 is 0 Å². The van der Waals surface area contributed by atoms with Gasteiger partial charge in [0.15, 0.2) is 5.65 Å². The molecule has 0 aliphatic heterocycles. The van der Waals surface area contributed by atoms with Gasteiger partial charge in [-0.15, -0.1) is 0 Å². The standard InChI is InChI=1S/C18H19F3N6O2/c19-9-1-2-10(20)8(5-9)6-22-18(29)14-13-16(23-7-24-17(13)27-26-14)25-12-4-3-11(21)15(12)28/h1-2,7-8,11-12,15,28H,3-6H2,(H,22,29)(H2,23,24,25,26,27)/t8?,11-,12+,15+/m1/s1. The lowest BCUT2D eigenvalue weighted by Crippen LogP contribution is -2.33. The Morgan fingerprint density at radius 2 is 2.10 bits per heavy atom. The molecule has 2 aromatic rings. The summed E-state index contributed by atoms with van der Waals surface area (Å²) in [6.45, 7) is -0.107. The maximum absolute atomic E-state index is 13.8. The summed E-state index contributed by atoms with van der Waals surface area (Å²) in [5.74, 6) is -2.13. The van der Waals surface area contributed by atoms with Crippen LogP contribution in [0.25, 0.3) is 11.0 Å². The van der Waals surface area contributed by atoms with Crippen LogP contribution in [-0.2, 0) is 0 Å². The van der Waals surface area contributed by atoms with Crippen LogP contribution in [0.15, 0.2) is 30.1 Å². The molecule has 4 N–H and O–H groups in total. The van der Waals surface area contributed by atoms with Crippen molar-refractivity contribution in [3.8, 4) is 0 Å². The molecule has 0 saturated heterocycles. The first-order chi connectivity index (χ1) is 13.9. The van der Waals surface area contributed by atoms with Crippen LogP contribution >= 0.6 is 0 Å². The fraction of sp³-hybridized carbons (Fsp3) is 0.444. The van der Waals surface area contributed by atoms with Gasteiger partial charge >= 0.3 is 0 Å². The summed E-state index contributed by atoms with van der Waals surface area (Å²) >= 11 is 0. The monoisotopic (exact) mass is 408 g/mol. The predicted molar refractivity (Wildman–Crippen MR) is 98.1 cm³/mol. The number of aliphatic hydroxyl groups is 1. The second-order valence-corrected chi connectivity index (χ2v) is 7.13. The van der Waals surface area contributed by atoms with Crippen LogP contribution in [0, 0.1) is 5.92 Å². The number of carbonyl (C=O) groups is 1. The van der Waals surface area contributed by atoms with Crippen molar-refractivity contribution in [1.82, 2.24) is 25.5 Å². The number of hydrogen-bond donors (Lipinski definition) is 4. The van der Waals surface area contributed by atoms with Crippen molar-refractivity contribution in [2.45, 2.75) is 37.6 Å². The number of H-pyrrole nitrogens is 1. The molecule has 8 nitrogen and oxygen atoms in total. The van der Waals surface area contributed by atoms with E-state index in [1.807, 2.05) is 0 Å². The normalized spacial score (nSPS) is 26.9. The van der Waals surface area contributed by atoms with E-state index in [2.05, 4.69) is 30.8 Å². The van der Waals surface area contributed by atoms with E-state index in [1.54, 1.807) is 0 Å². The summed E-state index contributed by atoms with van der Waals surface area (Å²) in [5, 5.41) is 22.3. The first-order valence-corrected chi connectivity index (χ1v) is 9.21. The highest BCUT2D eigenvalue weighted by molar-refractivity contribution is 6.07. The molecule has 4 rings (SSSR count). The summed E-state index contributed by atoms with van der Waals surface area (Å²) in [6.07, 6.45) is 1.31. The molecule has 2 heterocycles. The molecular weight excluding hydrogens is 389 g/mol. The van der Waals surface area contributed by atoms with Gasteiger partial charge in [0.1, 0.15) is 41.8 Å². The van der Waals surface area contributed by atoms with Crippen molar-refractivity contribution in [3.63, 3.8) is 0 Å². The van der Waals surface area contributed by atoms with E-state index < -0.39 is 41.8 Å². The van der Waals surface area contributed by atoms with Crippen LogP contribution in [0.1, 0.15) is 29.8 Å². The van der Waals surface area contributed by atoms with Gasteiger partial charge in [-0.25, -0.2) is 23.1 Å². The van der Waals surface area contributed by atoms with E-state index in [9.17, 15) is 23.1 Å². The second-order valence-electron chi connectivity index (χ2n) is 7.13. The second kappa shape index (κ2) is 7.82. The largest absolute Gasteiger partial charge is 0.388 e. The van der Waals surface area contributed by atoms with Gasteiger partial charge in [0.05, 0.1) is 11.4 Å². The van der Waals surface area contributed by atoms with Gasteiger partial charge < -0.3 is 15.7 Å². The summed E-state index contributed by atoms with van der Waals surface area (Å²) in [5.41, 5.74) is 0.234. The molecule has 2 aliphatic carbocycles. The average molecular weight is 408 g/mol. The number of fused-ring (bicyclic) bond motifs is 1. The van der Waals surface area contributed by atoms with Gasteiger partial charge in [0, 0.05) is 18.9 Å². The van der Waals surface area contributed by atoms with E-state index in [4.69, 9.17) is 0 Å². The van der Waals surface area contributed by atoms with Crippen molar-refractivity contribution in [3.05, 3.63) is 35.8 Å². The molecule has 154 valence electrons. The SMILES string of the molecule is O=C(NCC1CC(F)=CC=C1F)c1[nH]nc2ncnc(N[C@H]3CC[C@@H](F)[C@@H]3O)c12. The van der Waals surface area contributed by atoms with Gasteiger partial charge in [-0.1, -0.05) is 0 Å². The highest BCUT2D eigenvalue weighted by atomic mass is 19.1. The number of halogens is 3. The summed E-state index contributed by atoms with van der Waals surface area (Å²) in [7, 11) is 0. The molecule has 1 fully saturated rings. The zero-order chi connectivity index (χ0) is 20.5. The zero-order valence-corrected chi connectivity index (χ0v) is 15.2. The number of aromatic amines is 1. The smallest absolute Gasteiger partial charge is 0.270 e. The van der Waals surface area contributed by atoms with Gasteiger partial charge in [-0.2, -0.15) is 5.10 Å². The van der Waals surface area contributed by atoms with E-state index in [-0.39, 0.29) is 41.9 Å². The Kier molecular flexibility index (Phi) is 5.22. The van der Waals surface area contributed by atoms with E-state index in [0.717, 1.165) is 12.2 Å². The summed E-state index contributed by atoms with van der Waals surface area (Å²) < 4.78 is 40.8. The fourth-order valence-electron chi connectivity index (χ4n) is 3.58. The maximum atomic E-state index is 13.8. The van der Waals surface area contributed by atoms with E-state index in [1.165, 1.54) is 6.33 Å². The van der Waals surface area contributed by atoms with Crippen molar-refractivity contribution >= 4 is 22.8 Å². The number of anilines is 1. The molecule has 29 heavy (non-hydrogen) atoms. The number of nitrogens with one attached hydrogen (secondary N) is 3. The number of allylic oxidation sites excluding steroid dienone is 3. The third kappa shape index (κ3) is 3.82. The number of nitrogens with zero attached hydrogens (tertiary/aromatic N) is 3. The van der Waals surface area contributed by atoms with Crippen LogP contribution in [0.3, 0.4) is 0 Å². The molecule has 1 saturated carbocycles. The molecule has 1 unspecified atom stereocenters. The van der Waals surface area contributed by atoms with Crippen LogP contribution < -0.4 is 10.6 Å². The highest BCUT2D eigenvalue weighted by Gasteiger charge is 2.35. The van der Waals surface area contributed by atoms with Crippen LogP contribution in [-0.4, -0.2) is 56.0 Å². The molecule has 1 amide bonds. The van der Waals surface area contributed by atoms with E-state index in [0.29, 0.717) is 6.42 Å². The third-order valence-electron chi connectivity index (χ3n) is 5.20. The number of rotatable bonds is 5. The lowest BCUT2D eigenvalue weighted by atomic mass is 9.98. The Balaban J connectivity index is 1.52. The molecule has 0 radical (unpaired) electrons. The lowest BCUT2D eigenvalue weighted by molar-refractivity contribution is 0.0944. The van der Waals surface area contributed by atoms with Crippen molar-refractivity contribution in [1.29, 1.82) is 0 Å². The van der Waals surface area contributed by atoms with Gasteiger partial charge in [0.2, 0.25) is 0 Å². The molecule has 0 bridgehead atoms. The topological polar surface area (TPSA) is 116 Å². The molecule has 2 aromatic heterocycles. The van der Waals surface area contributed by atoms with Crippen molar-refractivity contribution in [2.75, 3.05) is 11.9 Å². The first kappa shape index (κ1) is 19.4. The quantitative estimate of drug-likeness (QED) is 0.602. The molecular formula is C18H19F3N6O2. The van der Waals surface area contributed by atoms with Gasteiger partial charge in [-0.3, -0.25) is 9.89 Å². The Labute approximate surface area is 163 Å². The Bertz CT molecular complexity index is 991. The summed E-state index contributed by atoms with van der Waals surface area (Å²) in [4.78, 5) is 20.7. The minimum Gasteiger partial charge on any atom is -0.388 e. The van der Waals surface area contributed by atoms with Crippen molar-refractivity contribution < 1.29 is 23.1 Å². The minimum atomic E-state index is -1.33. The average Bonchev–Trinajstić information content (AvgIpc) is 3.28. The minimum absolute atomic E-state index is 0.0311. The zero-order valence-electron chi connectivity index (χ0n) is 15.2. The van der Waals surface area contributed by atoms with Crippen LogP contribution in [0.5, 0.6) is 0 Å². The number of carbonyl (C=O) groups excluding carboxylic acids is 1. The lowest BCUT2D eigenvalue weighted by Gasteiger charge is -2.19. The number of aromatic nitrogens is 4. The molecule has 2 aliphatic rings. The Hall–Kier alpha value is -2.95. The summed E-state index contributed by atoms with van der Waals surface area (Å²) in [6, 6.07) is -0.565. The maximum Gasteiger partial charge on any atom is 0.270 e. The Morgan fingerprint density at radius 3 is 2.86 bits per heavy atom.